The fourth-order valence-electron chi connectivity index (χ4n) is 3.35. The number of methoxy groups -OCH3 is 1. The molecular weight excluding hydrogens is 352 g/mol. The smallest absolute Gasteiger partial charge is 0.224 e. The van der Waals surface area contributed by atoms with Gasteiger partial charge in [-0.05, 0) is 30.3 Å². The molecule has 144 valence electrons. The van der Waals surface area contributed by atoms with Gasteiger partial charge in [0, 0.05) is 38.6 Å². The van der Waals surface area contributed by atoms with Crippen molar-refractivity contribution < 1.29 is 4.74 Å². The maximum absolute atomic E-state index is 5.50. The number of rotatable bonds is 6. The second-order valence-corrected chi connectivity index (χ2v) is 6.56. The number of aromatic nitrogens is 3. The average molecular weight is 376 g/mol. The summed E-state index contributed by atoms with van der Waals surface area (Å²) in [6.45, 7) is 4.23. The first-order valence-electron chi connectivity index (χ1n) is 9.43. The number of nitrogens with one attached hydrogen (secondary N) is 1. The summed E-state index contributed by atoms with van der Waals surface area (Å²) in [6.07, 6.45) is 3.59. The molecule has 0 bridgehead atoms. The first kappa shape index (κ1) is 18.0. The number of para-hydroxylation sites is 2. The molecule has 28 heavy (non-hydrogen) atoms. The minimum Gasteiger partial charge on any atom is -0.495 e. The quantitative estimate of drug-likeness (QED) is 0.709. The minimum atomic E-state index is 0.603. The molecule has 1 aliphatic rings. The molecule has 0 amide bonds. The van der Waals surface area contributed by atoms with Gasteiger partial charge in [-0.15, -0.1) is 0 Å². The van der Waals surface area contributed by atoms with Crippen LogP contribution in [0.2, 0.25) is 0 Å². The zero-order chi connectivity index (χ0) is 19.2. The molecule has 0 radical (unpaired) electrons. The van der Waals surface area contributed by atoms with Gasteiger partial charge < -0.3 is 19.9 Å². The van der Waals surface area contributed by atoms with Crippen LogP contribution in [0.25, 0.3) is 0 Å². The van der Waals surface area contributed by atoms with Gasteiger partial charge in [0.2, 0.25) is 5.95 Å². The summed E-state index contributed by atoms with van der Waals surface area (Å²) < 4.78 is 5.50. The first-order chi connectivity index (χ1) is 13.8. The van der Waals surface area contributed by atoms with Crippen LogP contribution in [0.3, 0.4) is 0 Å². The monoisotopic (exact) mass is 376 g/mol. The zero-order valence-electron chi connectivity index (χ0n) is 16.0. The molecular formula is C21H24N6O. The fraction of sp³-hybridized carbons (Fsp3) is 0.286. The van der Waals surface area contributed by atoms with Crippen LogP contribution in [0.4, 0.5) is 17.5 Å². The van der Waals surface area contributed by atoms with Crippen molar-refractivity contribution in [1.82, 2.24) is 15.0 Å². The molecule has 1 N–H and O–H groups in total. The maximum Gasteiger partial charge on any atom is 0.224 e. The van der Waals surface area contributed by atoms with E-state index in [1.54, 1.807) is 19.5 Å². The van der Waals surface area contributed by atoms with Crippen molar-refractivity contribution in [3.05, 3.63) is 66.6 Å². The summed E-state index contributed by atoms with van der Waals surface area (Å²) in [7, 11) is 1.72. The number of ether oxygens (including phenoxy) is 1. The maximum atomic E-state index is 5.50. The lowest BCUT2D eigenvalue weighted by Gasteiger charge is -2.37. The van der Waals surface area contributed by atoms with Crippen molar-refractivity contribution in [1.29, 1.82) is 0 Å². The molecule has 1 fully saturated rings. The summed E-state index contributed by atoms with van der Waals surface area (Å²) in [6, 6.07) is 16.0. The summed E-state index contributed by atoms with van der Waals surface area (Å²) in [5.74, 6) is 2.48. The SMILES string of the molecule is COc1ccccc1N1CCN(c2ccnc(NCc3ccccn3)n2)CC1. The summed E-state index contributed by atoms with van der Waals surface area (Å²) in [4.78, 5) is 18.0. The summed E-state index contributed by atoms with van der Waals surface area (Å²) >= 11 is 0. The Kier molecular flexibility index (Phi) is 5.51. The number of pyridine rings is 1. The third kappa shape index (κ3) is 4.14. The third-order valence-electron chi connectivity index (χ3n) is 4.82. The summed E-state index contributed by atoms with van der Waals surface area (Å²) in [5, 5.41) is 3.25. The Balaban J connectivity index is 1.38. The average Bonchev–Trinajstić information content (AvgIpc) is 2.79. The van der Waals surface area contributed by atoms with E-state index in [1.807, 2.05) is 42.5 Å². The van der Waals surface area contributed by atoms with Crippen LogP contribution in [-0.4, -0.2) is 48.2 Å². The standard InChI is InChI=1S/C21H24N6O/c1-28-19-8-3-2-7-18(19)26-12-14-27(15-13-26)20-9-11-23-21(25-20)24-16-17-6-4-5-10-22-17/h2-11H,12-16H2,1H3,(H,23,24,25). The number of anilines is 3. The van der Waals surface area contributed by atoms with Crippen LogP contribution in [0.15, 0.2) is 60.9 Å². The van der Waals surface area contributed by atoms with Gasteiger partial charge in [0.1, 0.15) is 11.6 Å². The van der Waals surface area contributed by atoms with E-state index in [0.29, 0.717) is 12.5 Å². The van der Waals surface area contributed by atoms with Crippen molar-refractivity contribution in [3.63, 3.8) is 0 Å². The topological polar surface area (TPSA) is 66.4 Å². The second kappa shape index (κ2) is 8.56. The van der Waals surface area contributed by atoms with Crippen molar-refractivity contribution in [3.8, 4) is 5.75 Å². The Morgan fingerprint density at radius 2 is 1.68 bits per heavy atom. The number of benzene rings is 1. The van der Waals surface area contributed by atoms with Crippen molar-refractivity contribution in [2.24, 2.45) is 0 Å². The Morgan fingerprint density at radius 3 is 2.46 bits per heavy atom. The highest BCUT2D eigenvalue weighted by Crippen LogP contribution is 2.29. The number of hydrogen-bond acceptors (Lipinski definition) is 7. The molecule has 1 aromatic carbocycles. The van der Waals surface area contributed by atoms with E-state index in [4.69, 9.17) is 4.74 Å². The van der Waals surface area contributed by atoms with Gasteiger partial charge in [0.15, 0.2) is 0 Å². The normalized spacial score (nSPS) is 14.0. The van der Waals surface area contributed by atoms with E-state index >= 15 is 0 Å². The lowest BCUT2D eigenvalue weighted by Crippen LogP contribution is -2.47. The predicted molar refractivity (Wildman–Crippen MR) is 111 cm³/mol. The van der Waals surface area contributed by atoms with Crippen LogP contribution in [0, 0.1) is 0 Å². The molecule has 1 aliphatic heterocycles. The van der Waals surface area contributed by atoms with E-state index in [1.165, 1.54) is 0 Å². The molecule has 4 rings (SSSR count). The van der Waals surface area contributed by atoms with Gasteiger partial charge >= 0.3 is 0 Å². The highest BCUT2D eigenvalue weighted by atomic mass is 16.5. The first-order valence-corrected chi connectivity index (χ1v) is 9.43. The number of piperazine rings is 1. The van der Waals surface area contributed by atoms with Crippen molar-refractivity contribution >= 4 is 17.5 Å². The summed E-state index contributed by atoms with van der Waals surface area (Å²) in [5.41, 5.74) is 2.10. The molecule has 2 aromatic heterocycles. The van der Waals surface area contributed by atoms with Gasteiger partial charge in [0.05, 0.1) is 25.0 Å². The van der Waals surface area contributed by atoms with E-state index in [2.05, 4.69) is 36.1 Å². The van der Waals surface area contributed by atoms with Crippen LogP contribution >= 0.6 is 0 Å². The molecule has 0 atom stereocenters. The molecule has 0 aliphatic carbocycles. The van der Waals surface area contributed by atoms with Gasteiger partial charge in [-0.1, -0.05) is 18.2 Å². The second-order valence-electron chi connectivity index (χ2n) is 6.56. The minimum absolute atomic E-state index is 0.603. The molecule has 7 nitrogen and oxygen atoms in total. The van der Waals surface area contributed by atoms with Crippen LogP contribution in [0.5, 0.6) is 5.75 Å². The highest BCUT2D eigenvalue weighted by Gasteiger charge is 2.20. The van der Waals surface area contributed by atoms with Gasteiger partial charge in [-0.25, -0.2) is 4.98 Å². The molecule has 0 saturated carbocycles. The van der Waals surface area contributed by atoms with E-state index < -0.39 is 0 Å². The van der Waals surface area contributed by atoms with Gasteiger partial charge in [-0.3, -0.25) is 4.98 Å². The molecule has 0 spiro atoms. The number of hydrogen-bond donors (Lipinski definition) is 1. The fourth-order valence-corrected chi connectivity index (χ4v) is 3.35. The van der Waals surface area contributed by atoms with E-state index in [-0.39, 0.29) is 0 Å². The van der Waals surface area contributed by atoms with Gasteiger partial charge in [-0.2, -0.15) is 4.98 Å². The number of nitrogens with zero attached hydrogens (tertiary/aromatic N) is 5. The predicted octanol–water partition coefficient (Wildman–Crippen LogP) is 2.82. The van der Waals surface area contributed by atoms with Crippen LogP contribution in [-0.2, 0) is 6.54 Å². The van der Waals surface area contributed by atoms with E-state index in [0.717, 1.165) is 49.1 Å². The molecule has 3 aromatic rings. The highest BCUT2D eigenvalue weighted by molar-refractivity contribution is 5.59. The Hall–Kier alpha value is -3.35. The van der Waals surface area contributed by atoms with Gasteiger partial charge in [0.25, 0.3) is 0 Å². The van der Waals surface area contributed by atoms with Crippen molar-refractivity contribution in [2.75, 3.05) is 48.4 Å². The largest absolute Gasteiger partial charge is 0.495 e. The Labute approximate surface area is 165 Å². The third-order valence-corrected chi connectivity index (χ3v) is 4.82. The Morgan fingerprint density at radius 1 is 0.893 bits per heavy atom. The molecule has 1 saturated heterocycles. The lowest BCUT2D eigenvalue weighted by molar-refractivity contribution is 0.413. The Bertz CT molecular complexity index is 896. The lowest BCUT2D eigenvalue weighted by atomic mass is 10.2. The van der Waals surface area contributed by atoms with Crippen LogP contribution < -0.4 is 19.9 Å². The van der Waals surface area contributed by atoms with Crippen molar-refractivity contribution in [2.45, 2.75) is 6.54 Å². The van der Waals surface area contributed by atoms with E-state index in [9.17, 15) is 0 Å². The molecule has 0 unspecified atom stereocenters. The molecule has 3 heterocycles. The zero-order valence-corrected chi connectivity index (χ0v) is 16.0. The molecule has 7 heteroatoms. The van der Waals surface area contributed by atoms with Crippen LogP contribution in [0.1, 0.15) is 5.69 Å².